The average Bonchev–Trinajstić information content (AvgIpc) is 3.09. The van der Waals surface area contributed by atoms with Gasteiger partial charge in [-0.25, -0.2) is 4.98 Å². The Morgan fingerprint density at radius 3 is 2.36 bits per heavy atom. The maximum atomic E-state index is 12.8. The molecule has 0 aliphatic carbocycles. The van der Waals surface area contributed by atoms with Gasteiger partial charge >= 0.3 is 0 Å². The van der Waals surface area contributed by atoms with E-state index in [1.54, 1.807) is 73.3 Å². The van der Waals surface area contributed by atoms with Gasteiger partial charge in [-0.05, 0) is 61.9 Å². The molecule has 0 saturated carbocycles. The number of hydrogen-bond acceptors (Lipinski definition) is 5. The van der Waals surface area contributed by atoms with Crippen LogP contribution >= 0.6 is 11.6 Å². The number of amides is 2. The lowest BCUT2D eigenvalue weighted by molar-refractivity contribution is 0.0847. The fourth-order valence-corrected chi connectivity index (χ4v) is 3.58. The van der Waals surface area contributed by atoms with Gasteiger partial charge in [0.25, 0.3) is 11.8 Å². The second-order valence-electron chi connectivity index (χ2n) is 7.57. The first-order valence-corrected chi connectivity index (χ1v) is 10.6. The molecule has 0 saturated heterocycles. The Balaban J connectivity index is 1.38. The van der Waals surface area contributed by atoms with Gasteiger partial charge < -0.3 is 4.74 Å². The van der Waals surface area contributed by atoms with Gasteiger partial charge in [-0.3, -0.25) is 25.1 Å². The zero-order valence-electron chi connectivity index (χ0n) is 18.3. The third-order valence-electron chi connectivity index (χ3n) is 5.07. The number of aryl methyl sites for hydroxylation is 3. The highest BCUT2D eigenvalue weighted by Gasteiger charge is 2.18. The van der Waals surface area contributed by atoms with Gasteiger partial charge in [0.15, 0.2) is 5.65 Å². The van der Waals surface area contributed by atoms with Gasteiger partial charge in [-0.15, -0.1) is 0 Å². The monoisotopic (exact) mass is 463 g/mol. The molecule has 2 heterocycles. The normalized spacial score (nSPS) is 10.8. The summed E-state index contributed by atoms with van der Waals surface area (Å²) in [5.74, 6) is -0.172. The fourth-order valence-electron chi connectivity index (χ4n) is 3.45. The first kappa shape index (κ1) is 22.3. The largest absolute Gasteiger partial charge is 0.489 e. The summed E-state index contributed by atoms with van der Waals surface area (Å²) in [4.78, 5) is 29.7. The molecule has 0 fully saturated rings. The fraction of sp³-hybridized carbons (Fsp3) is 0.167. The predicted octanol–water partition coefficient (Wildman–Crippen LogP) is 3.89. The Hall–Kier alpha value is -3.91. The van der Waals surface area contributed by atoms with Crippen molar-refractivity contribution in [2.24, 2.45) is 7.05 Å². The summed E-state index contributed by atoms with van der Waals surface area (Å²) in [6, 6.07) is 15.7. The molecule has 2 aromatic heterocycles. The number of halogens is 1. The van der Waals surface area contributed by atoms with Crippen LogP contribution in [0.25, 0.3) is 11.0 Å². The molecule has 4 rings (SSSR count). The molecule has 4 aromatic rings. The summed E-state index contributed by atoms with van der Waals surface area (Å²) in [6.45, 7) is 3.96. The molecule has 168 valence electrons. The first-order valence-electron chi connectivity index (χ1n) is 10.2. The van der Waals surface area contributed by atoms with Gasteiger partial charge in [-0.2, -0.15) is 5.10 Å². The molecular weight excluding hydrogens is 442 g/mol. The standard InChI is InChI=1S/C24H22ClN5O3/c1-14-12-20(21-15(2)29-30(3)22(21)26-14)24(32)28-27-23(31)17-6-4-16(5-7-17)13-33-19-10-8-18(25)9-11-19/h4-12H,13H2,1-3H3,(H,27,31)(H,28,32). The van der Waals surface area contributed by atoms with E-state index in [2.05, 4.69) is 20.9 Å². The molecule has 0 unspecified atom stereocenters. The summed E-state index contributed by atoms with van der Waals surface area (Å²) in [5.41, 5.74) is 8.62. The van der Waals surface area contributed by atoms with E-state index < -0.39 is 11.8 Å². The molecule has 0 bridgehead atoms. The van der Waals surface area contributed by atoms with E-state index in [1.165, 1.54) is 0 Å². The van der Waals surface area contributed by atoms with Crippen molar-refractivity contribution in [3.05, 3.63) is 87.7 Å². The summed E-state index contributed by atoms with van der Waals surface area (Å²) < 4.78 is 7.33. The van der Waals surface area contributed by atoms with E-state index in [4.69, 9.17) is 16.3 Å². The Labute approximate surface area is 195 Å². The lowest BCUT2D eigenvalue weighted by atomic mass is 10.1. The Kier molecular flexibility index (Phi) is 6.28. The Morgan fingerprint density at radius 1 is 1.00 bits per heavy atom. The molecule has 2 amide bonds. The van der Waals surface area contributed by atoms with Crippen LogP contribution in [0.1, 0.15) is 37.7 Å². The van der Waals surface area contributed by atoms with Crippen molar-refractivity contribution in [2.75, 3.05) is 0 Å². The number of pyridine rings is 1. The molecule has 8 nitrogen and oxygen atoms in total. The molecule has 0 atom stereocenters. The average molecular weight is 464 g/mol. The van der Waals surface area contributed by atoms with Crippen molar-refractivity contribution in [2.45, 2.75) is 20.5 Å². The summed E-state index contributed by atoms with van der Waals surface area (Å²) in [7, 11) is 1.77. The molecule has 0 radical (unpaired) electrons. The maximum absolute atomic E-state index is 12.8. The van der Waals surface area contributed by atoms with Gasteiger partial charge in [0.05, 0.1) is 16.6 Å². The lowest BCUT2D eigenvalue weighted by Crippen LogP contribution is -2.41. The second-order valence-corrected chi connectivity index (χ2v) is 8.00. The molecular formula is C24H22ClN5O3. The third kappa shape index (κ3) is 4.96. The van der Waals surface area contributed by atoms with Crippen LogP contribution < -0.4 is 15.6 Å². The van der Waals surface area contributed by atoms with E-state index in [0.717, 1.165) is 5.56 Å². The van der Waals surface area contributed by atoms with E-state index in [9.17, 15) is 9.59 Å². The highest BCUT2D eigenvalue weighted by atomic mass is 35.5. The van der Waals surface area contributed by atoms with Crippen molar-refractivity contribution in [1.82, 2.24) is 25.6 Å². The molecule has 2 N–H and O–H groups in total. The van der Waals surface area contributed by atoms with Gasteiger partial charge in [0.1, 0.15) is 12.4 Å². The topological polar surface area (TPSA) is 98.1 Å². The summed E-state index contributed by atoms with van der Waals surface area (Å²) in [6.07, 6.45) is 0. The maximum Gasteiger partial charge on any atom is 0.270 e. The molecule has 0 aliphatic rings. The van der Waals surface area contributed by atoms with E-state index >= 15 is 0 Å². The smallest absolute Gasteiger partial charge is 0.270 e. The Bertz CT molecular complexity index is 1330. The van der Waals surface area contributed by atoms with Crippen LogP contribution in [0.4, 0.5) is 0 Å². The van der Waals surface area contributed by atoms with Gasteiger partial charge in [0, 0.05) is 23.3 Å². The second kappa shape index (κ2) is 9.30. The number of fused-ring (bicyclic) bond motifs is 1. The SMILES string of the molecule is Cc1cc(C(=O)NNC(=O)c2ccc(COc3ccc(Cl)cc3)cc2)c2c(C)nn(C)c2n1. The van der Waals surface area contributed by atoms with Crippen LogP contribution in [0.5, 0.6) is 5.75 Å². The molecule has 33 heavy (non-hydrogen) atoms. The number of hydrogen-bond donors (Lipinski definition) is 2. The minimum Gasteiger partial charge on any atom is -0.489 e. The number of benzene rings is 2. The van der Waals surface area contributed by atoms with Crippen LogP contribution in [-0.2, 0) is 13.7 Å². The van der Waals surface area contributed by atoms with E-state index in [0.29, 0.717) is 50.9 Å². The Morgan fingerprint density at radius 2 is 1.67 bits per heavy atom. The van der Waals surface area contributed by atoms with E-state index in [1.807, 2.05) is 6.92 Å². The van der Waals surface area contributed by atoms with Gasteiger partial charge in [0.2, 0.25) is 0 Å². The number of nitrogens with zero attached hydrogens (tertiary/aromatic N) is 3. The van der Waals surface area contributed by atoms with Crippen molar-refractivity contribution in [3.63, 3.8) is 0 Å². The first-order chi connectivity index (χ1) is 15.8. The minimum absolute atomic E-state index is 0.349. The quantitative estimate of drug-likeness (QED) is 0.437. The summed E-state index contributed by atoms with van der Waals surface area (Å²) >= 11 is 5.87. The number of carbonyl (C=O) groups excluding carboxylic acids is 2. The van der Waals surface area contributed by atoms with Crippen LogP contribution in [0.2, 0.25) is 5.02 Å². The number of hydrazine groups is 1. The van der Waals surface area contributed by atoms with Crippen LogP contribution in [0, 0.1) is 13.8 Å². The molecule has 0 spiro atoms. The summed E-state index contributed by atoms with van der Waals surface area (Å²) in [5, 5.41) is 5.63. The van der Waals surface area contributed by atoms with Crippen LogP contribution in [0.15, 0.2) is 54.6 Å². The number of ether oxygens (including phenoxy) is 1. The number of carbonyl (C=O) groups is 2. The molecule has 0 aliphatic heterocycles. The van der Waals surface area contributed by atoms with Crippen molar-refractivity contribution >= 4 is 34.4 Å². The number of rotatable bonds is 5. The van der Waals surface area contributed by atoms with E-state index in [-0.39, 0.29) is 0 Å². The zero-order chi connectivity index (χ0) is 23.5. The van der Waals surface area contributed by atoms with Gasteiger partial charge in [-0.1, -0.05) is 23.7 Å². The highest BCUT2D eigenvalue weighted by molar-refractivity contribution is 6.30. The molecule has 2 aromatic carbocycles. The molecule has 9 heteroatoms. The van der Waals surface area contributed by atoms with Crippen LogP contribution in [0.3, 0.4) is 0 Å². The minimum atomic E-state index is -0.442. The van der Waals surface area contributed by atoms with Crippen molar-refractivity contribution in [3.8, 4) is 5.75 Å². The number of nitrogens with one attached hydrogen (secondary N) is 2. The lowest BCUT2D eigenvalue weighted by Gasteiger charge is -2.10. The number of aromatic nitrogens is 3. The predicted molar refractivity (Wildman–Crippen MR) is 125 cm³/mol. The van der Waals surface area contributed by atoms with Crippen molar-refractivity contribution in [1.29, 1.82) is 0 Å². The third-order valence-corrected chi connectivity index (χ3v) is 5.32. The van der Waals surface area contributed by atoms with Crippen LogP contribution in [-0.4, -0.2) is 26.6 Å². The zero-order valence-corrected chi connectivity index (χ0v) is 19.1. The highest BCUT2D eigenvalue weighted by Crippen LogP contribution is 2.21. The van der Waals surface area contributed by atoms with Crippen molar-refractivity contribution < 1.29 is 14.3 Å².